The van der Waals surface area contributed by atoms with Gasteiger partial charge in [-0.05, 0) is 12.1 Å². The molecule has 9 nitrogen and oxygen atoms in total. The number of methoxy groups -OCH3 is 1. The van der Waals surface area contributed by atoms with Crippen LogP contribution in [-0.4, -0.2) is 48.2 Å². The number of hydrogen-bond acceptors (Lipinski definition) is 8. The van der Waals surface area contributed by atoms with Crippen LogP contribution in [-0.2, 0) is 6.54 Å². The van der Waals surface area contributed by atoms with Gasteiger partial charge < -0.3 is 20.3 Å². The van der Waals surface area contributed by atoms with Gasteiger partial charge in [-0.2, -0.15) is 0 Å². The molecule has 1 aliphatic heterocycles. The van der Waals surface area contributed by atoms with Crippen LogP contribution in [0.2, 0.25) is 0 Å². The van der Waals surface area contributed by atoms with E-state index in [0.29, 0.717) is 29.0 Å². The second-order valence-electron chi connectivity index (χ2n) is 6.74. The Morgan fingerprint density at radius 3 is 2.79 bits per heavy atom. The van der Waals surface area contributed by atoms with Gasteiger partial charge in [0.1, 0.15) is 23.6 Å². The first kappa shape index (κ1) is 18.9. The Balaban J connectivity index is 1.70. The third-order valence-corrected chi connectivity index (χ3v) is 5.02. The van der Waals surface area contributed by atoms with Crippen molar-refractivity contribution in [3.8, 4) is 5.75 Å². The number of benzene rings is 2. The zero-order valence-corrected chi connectivity index (χ0v) is 16.1. The fourth-order valence-corrected chi connectivity index (χ4v) is 3.55. The highest BCUT2D eigenvalue weighted by molar-refractivity contribution is 5.94. The van der Waals surface area contributed by atoms with E-state index in [1.54, 1.807) is 19.2 Å². The first-order valence-electron chi connectivity index (χ1n) is 9.42. The first-order chi connectivity index (χ1) is 14.2. The third kappa shape index (κ3) is 3.90. The van der Waals surface area contributed by atoms with Crippen LogP contribution in [0.4, 0.5) is 17.2 Å². The molecule has 0 bridgehead atoms. The Kier molecular flexibility index (Phi) is 5.39. The van der Waals surface area contributed by atoms with Crippen molar-refractivity contribution in [2.24, 2.45) is 0 Å². The second kappa shape index (κ2) is 8.27. The van der Waals surface area contributed by atoms with Gasteiger partial charge in [-0.1, -0.05) is 18.2 Å². The van der Waals surface area contributed by atoms with Gasteiger partial charge in [0.05, 0.1) is 17.5 Å². The Labute approximate surface area is 167 Å². The van der Waals surface area contributed by atoms with Crippen LogP contribution < -0.4 is 20.3 Å². The van der Waals surface area contributed by atoms with E-state index in [1.807, 2.05) is 29.2 Å². The number of hydrogen-bond donors (Lipinski definition) is 2. The van der Waals surface area contributed by atoms with Crippen LogP contribution in [0.25, 0.3) is 10.9 Å². The summed E-state index contributed by atoms with van der Waals surface area (Å²) in [7, 11) is 1.62. The summed E-state index contributed by atoms with van der Waals surface area (Å²) >= 11 is 0. The minimum Gasteiger partial charge on any atom is -0.496 e. The summed E-state index contributed by atoms with van der Waals surface area (Å²) in [5.41, 5.74) is 2.29. The number of fused-ring (bicyclic) bond motifs is 1. The average molecular weight is 394 g/mol. The van der Waals surface area contributed by atoms with Crippen molar-refractivity contribution in [3.05, 3.63) is 58.4 Å². The SMILES string of the molecule is COc1ccccc1CNc1ncnc2cc(N3CCNCC3)c([N+](=O)[O-])cc12. The molecule has 0 unspecified atom stereocenters. The lowest BCUT2D eigenvalue weighted by Crippen LogP contribution is -2.43. The largest absolute Gasteiger partial charge is 0.496 e. The highest BCUT2D eigenvalue weighted by atomic mass is 16.6. The van der Waals surface area contributed by atoms with Gasteiger partial charge in [-0.15, -0.1) is 0 Å². The molecule has 1 saturated heterocycles. The van der Waals surface area contributed by atoms with Crippen LogP contribution in [0.3, 0.4) is 0 Å². The van der Waals surface area contributed by atoms with Crippen LogP contribution >= 0.6 is 0 Å². The molecule has 0 aliphatic carbocycles. The monoisotopic (exact) mass is 394 g/mol. The number of nitro benzene ring substituents is 1. The summed E-state index contributed by atoms with van der Waals surface area (Å²) in [6, 6.07) is 11.0. The maximum absolute atomic E-state index is 11.8. The maximum Gasteiger partial charge on any atom is 0.293 e. The van der Waals surface area contributed by atoms with Crippen LogP contribution in [0.15, 0.2) is 42.7 Å². The molecule has 2 heterocycles. The van der Waals surface area contributed by atoms with Crippen molar-refractivity contribution in [1.29, 1.82) is 0 Å². The van der Waals surface area contributed by atoms with Crippen molar-refractivity contribution in [2.45, 2.75) is 6.54 Å². The number of ether oxygens (including phenoxy) is 1. The van der Waals surface area contributed by atoms with Gasteiger partial charge in [-0.25, -0.2) is 9.97 Å². The number of anilines is 2. The summed E-state index contributed by atoms with van der Waals surface area (Å²) < 4.78 is 5.38. The summed E-state index contributed by atoms with van der Waals surface area (Å²) in [5.74, 6) is 1.32. The minimum atomic E-state index is -0.339. The highest BCUT2D eigenvalue weighted by Gasteiger charge is 2.23. The van der Waals surface area contributed by atoms with E-state index in [2.05, 4.69) is 20.6 Å². The quantitative estimate of drug-likeness (QED) is 0.485. The molecule has 9 heteroatoms. The van der Waals surface area contributed by atoms with E-state index in [-0.39, 0.29) is 10.6 Å². The van der Waals surface area contributed by atoms with Gasteiger partial charge in [0.15, 0.2) is 0 Å². The first-order valence-corrected chi connectivity index (χ1v) is 9.42. The molecule has 1 aromatic heterocycles. The Morgan fingerprint density at radius 1 is 1.24 bits per heavy atom. The Bertz CT molecular complexity index is 1040. The fraction of sp³-hybridized carbons (Fsp3) is 0.300. The van der Waals surface area contributed by atoms with Crippen molar-refractivity contribution < 1.29 is 9.66 Å². The van der Waals surface area contributed by atoms with E-state index in [0.717, 1.165) is 37.5 Å². The third-order valence-electron chi connectivity index (χ3n) is 5.02. The van der Waals surface area contributed by atoms with E-state index in [4.69, 9.17) is 4.74 Å². The van der Waals surface area contributed by atoms with Crippen molar-refractivity contribution in [3.63, 3.8) is 0 Å². The topological polar surface area (TPSA) is 105 Å². The summed E-state index contributed by atoms with van der Waals surface area (Å²) in [4.78, 5) is 22.1. The lowest BCUT2D eigenvalue weighted by atomic mass is 10.1. The smallest absolute Gasteiger partial charge is 0.293 e. The molecular formula is C20H22N6O3. The number of rotatable bonds is 6. The lowest BCUT2D eigenvalue weighted by Gasteiger charge is -2.29. The molecule has 4 rings (SSSR count). The number of aromatic nitrogens is 2. The Hall–Kier alpha value is -3.46. The molecule has 0 radical (unpaired) electrons. The normalized spacial score (nSPS) is 14.0. The molecule has 0 amide bonds. The highest BCUT2D eigenvalue weighted by Crippen LogP contribution is 2.35. The van der Waals surface area contributed by atoms with E-state index in [9.17, 15) is 10.1 Å². The number of nitro groups is 1. The maximum atomic E-state index is 11.8. The molecule has 0 atom stereocenters. The summed E-state index contributed by atoms with van der Waals surface area (Å²) in [6.07, 6.45) is 1.47. The molecule has 0 spiro atoms. The molecule has 0 saturated carbocycles. The predicted molar refractivity (Wildman–Crippen MR) is 112 cm³/mol. The van der Waals surface area contributed by atoms with Crippen LogP contribution in [0.5, 0.6) is 5.75 Å². The number of para-hydroxylation sites is 1. The summed E-state index contributed by atoms with van der Waals surface area (Å²) in [6.45, 7) is 3.51. The standard InChI is InChI=1S/C20H22N6O3/c1-29-19-5-3-2-4-14(19)12-22-20-15-10-18(26(27)28)17(11-16(15)23-13-24-20)25-8-6-21-7-9-25/h2-5,10-11,13,21H,6-9,12H2,1H3,(H,22,23,24). The molecule has 1 aliphatic rings. The fourth-order valence-electron chi connectivity index (χ4n) is 3.55. The van der Waals surface area contributed by atoms with E-state index >= 15 is 0 Å². The van der Waals surface area contributed by atoms with Crippen molar-refractivity contribution in [1.82, 2.24) is 15.3 Å². The lowest BCUT2D eigenvalue weighted by molar-refractivity contribution is -0.384. The molecular weight excluding hydrogens is 372 g/mol. The van der Waals surface area contributed by atoms with Gasteiger partial charge >= 0.3 is 0 Å². The van der Waals surface area contributed by atoms with E-state index in [1.165, 1.54) is 6.33 Å². The van der Waals surface area contributed by atoms with Gasteiger partial charge in [0.2, 0.25) is 0 Å². The number of piperazine rings is 1. The minimum absolute atomic E-state index is 0.0644. The molecule has 1 fully saturated rings. The summed E-state index contributed by atoms with van der Waals surface area (Å²) in [5, 5.41) is 18.9. The van der Waals surface area contributed by atoms with Gasteiger partial charge in [0, 0.05) is 49.7 Å². The molecule has 29 heavy (non-hydrogen) atoms. The zero-order valence-electron chi connectivity index (χ0n) is 16.1. The van der Waals surface area contributed by atoms with Gasteiger partial charge in [0.25, 0.3) is 5.69 Å². The van der Waals surface area contributed by atoms with Crippen LogP contribution in [0.1, 0.15) is 5.56 Å². The number of nitrogens with one attached hydrogen (secondary N) is 2. The molecule has 3 aromatic rings. The average Bonchev–Trinajstić information content (AvgIpc) is 2.77. The molecule has 2 aromatic carbocycles. The second-order valence-corrected chi connectivity index (χ2v) is 6.74. The number of nitrogens with zero attached hydrogens (tertiary/aromatic N) is 4. The molecule has 2 N–H and O–H groups in total. The van der Waals surface area contributed by atoms with E-state index < -0.39 is 0 Å². The Morgan fingerprint density at radius 2 is 2.03 bits per heavy atom. The predicted octanol–water partition coefficient (Wildman–Crippen LogP) is 2.57. The molecule has 150 valence electrons. The zero-order chi connectivity index (χ0) is 20.2. The van der Waals surface area contributed by atoms with Crippen molar-refractivity contribution >= 4 is 28.1 Å². The van der Waals surface area contributed by atoms with Crippen LogP contribution in [0, 0.1) is 10.1 Å². The van der Waals surface area contributed by atoms with Gasteiger partial charge in [-0.3, -0.25) is 10.1 Å². The van der Waals surface area contributed by atoms with Crippen molar-refractivity contribution in [2.75, 3.05) is 43.5 Å².